The lowest BCUT2D eigenvalue weighted by molar-refractivity contribution is 0.286. The summed E-state index contributed by atoms with van der Waals surface area (Å²) < 4.78 is 0. The number of anilines is 2. The van der Waals surface area contributed by atoms with Gasteiger partial charge >= 0.3 is 0 Å². The highest BCUT2D eigenvalue weighted by Gasteiger charge is 2.19. The number of benzene rings is 3. The van der Waals surface area contributed by atoms with E-state index in [9.17, 15) is 5.11 Å². The summed E-state index contributed by atoms with van der Waals surface area (Å²) in [5.41, 5.74) is 4.12. The van der Waals surface area contributed by atoms with E-state index in [1.807, 2.05) is 48.5 Å². The summed E-state index contributed by atoms with van der Waals surface area (Å²) in [6.45, 7) is 0.544. The maximum atomic E-state index is 10.1. The maximum absolute atomic E-state index is 10.1. The lowest BCUT2D eigenvalue weighted by Gasteiger charge is -2.26. The van der Waals surface area contributed by atoms with Crippen molar-refractivity contribution in [3.8, 4) is 10.4 Å². The van der Waals surface area contributed by atoms with Gasteiger partial charge in [-0.25, -0.2) is 0 Å². The molecule has 29 heavy (non-hydrogen) atoms. The van der Waals surface area contributed by atoms with Crippen molar-refractivity contribution in [2.24, 2.45) is 0 Å². The molecule has 0 aliphatic heterocycles. The van der Waals surface area contributed by atoms with Crippen molar-refractivity contribution in [3.63, 3.8) is 0 Å². The Balaban J connectivity index is 1.80. The summed E-state index contributed by atoms with van der Waals surface area (Å²) in [6.07, 6.45) is 0. The van der Waals surface area contributed by atoms with Crippen LogP contribution in [0.15, 0.2) is 84.9 Å². The number of aliphatic hydroxyl groups is 1. The molecule has 0 fully saturated rings. The van der Waals surface area contributed by atoms with E-state index in [1.54, 1.807) is 17.4 Å². The Kier molecular flexibility index (Phi) is 6.22. The largest absolute Gasteiger partial charge is 0.391 e. The number of halogens is 2. The predicted octanol–water partition coefficient (Wildman–Crippen LogP) is 7.55. The Morgan fingerprint density at radius 2 is 1.52 bits per heavy atom. The van der Waals surface area contributed by atoms with E-state index in [1.165, 1.54) is 0 Å². The van der Waals surface area contributed by atoms with Crippen LogP contribution in [0.1, 0.15) is 10.4 Å². The van der Waals surface area contributed by atoms with E-state index in [0.29, 0.717) is 16.6 Å². The quantitative estimate of drug-likeness (QED) is 0.335. The molecule has 4 rings (SSSR count). The lowest BCUT2D eigenvalue weighted by atomic mass is 10.1. The minimum absolute atomic E-state index is 0.0233. The molecule has 2 nitrogen and oxygen atoms in total. The summed E-state index contributed by atoms with van der Waals surface area (Å²) >= 11 is 14.1. The Hall–Kier alpha value is -2.30. The first-order valence-corrected chi connectivity index (χ1v) is 10.8. The minimum Gasteiger partial charge on any atom is -0.391 e. The fourth-order valence-corrected chi connectivity index (χ4v) is 4.75. The van der Waals surface area contributed by atoms with Crippen LogP contribution in [0, 0.1) is 0 Å². The van der Waals surface area contributed by atoms with Crippen LogP contribution in [-0.4, -0.2) is 5.11 Å². The highest BCUT2D eigenvalue weighted by atomic mass is 35.5. The van der Waals surface area contributed by atoms with Crippen LogP contribution in [-0.2, 0) is 13.2 Å². The summed E-state index contributed by atoms with van der Waals surface area (Å²) in [5.74, 6) is 0. The molecular formula is C24H19Cl2NOS. The third kappa shape index (κ3) is 4.49. The molecule has 0 amide bonds. The van der Waals surface area contributed by atoms with Crippen molar-refractivity contribution < 1.29 is 5.11 Å². The van der Waals surface area contributed by atoms with Gasteiger partial charge in [0.05, 0.1) is 17.2 Å². The molecule has 5 heteroatoms. The molecule has 0 aliphatic carbocycles. The van der Waals surface area contributed by atoms with E-state index in [0.717, 1.165) is 32.3 Å². The second-order valence-electron chi connectivity index (χ2n) is 6.60. The topological polar surface area (TPSA) is 23.5 Å². The number of hydrogen-bond donors (Lipinski definition) is 1. The van der Waals surface area contributed by atoms with Crippen LogP contribution in [0.3, 0.4) is 0 Å². The van der Waals surface area contributed by atoms with Crippen molar-refractivity contribution >= 4 is 45.9 Å². The third-order valence-corrected chi connectivity index (χ3v) is 6.44. The van der Waals surface area contributed by atoms with Gasteiger partial charge in [0.25, 0.3) is 0 Å². The molecule has 0 saturated heterocycles. The van der Waals surface area contributed by atoms with E-state index in [2.05, 4.69) is 35.2 Å². The Labute approximate surface area is 184 Å². The second kappa shape index (κ2) is 9.02. The molecule has 1 heterocycles. The zero-order chi connectivity index (χ0) is 20.2. The Bertz CT molecular complexity index is 1100. The van der Waals surface area contributed by atoms with Gasteiger partial charge in [-0.15, -0.1) is 11.3 Å². The normalized spacial score (nSPS) is 10.9. The van der Waals surface area contributed by atoms with Gasteiger partial charge in [0, 0.05) is 27.2 Å². The highest BCUT2D eigenvalue weighted by Crippen LogP contribution is 2.41. The fraction of sp³-hybridized carbons (Fsp3) is 0.0833. The van der Waals surface area contributed by atoms with E-state index in [-0.39, 0.29) is 6.61 Å². The molecule has 1 aromatic heterocycles. The van der Waals surface area contributed by atoms with Gasteiger partial charge in [0.2, 0.25) is 0 Å². The molecule has 1 N–H and O–H groups in total. The third-order valence-electron chi connectivity index (χ3n) is 4.69. The number of rotatable bonds is 6. The van der Waals surface area contributed by atoms with Crippen LogP contribution in [0.4, 0.5) is 11.4 Å². The zero-order valence-corrected chi connectivity index (χ0v) is 17.9. The van der Waals surface area contributed by atoms with Gasteiger partial charge in [-0.2, -0.15) is 0 Å². The van der Waals surface area contributed by atoms with Crippen LogP contribution in [0.2, 0.25) is 10.0 Å². The number of aliphatic hydroxyl groups excluding tert-OH is 1. The van der Waals surface area contributed by atoms with Gasteiger partial charge < -0.3 is 10.0 Å². The Morgan fingerprint density at radius 3 is 2.17 bits per heavy atom. The molecule has 0 atom stereocenters. The van der Waals surface area contributed by atoms with E-state index < -0.39 is 0 Å². The molecule has 0 unspecified atom stereocenters. The first kappa shape index (κ1) is 20.0. The van der Waals surface area contributed by atoms with Gasteiger partial charge in [-0.3, -0.25) is 0 Å². The monoisotopic (exact) mass is 439 g/mol. The summed E-state index contributed by atoms with van der Waals surface area (Å²) in [4.78, 5) is 4.22. The molecule has 0 bridgehead atoms. The summed E-state index contributed by atoms with van der Waals surface area (Å²) in [6, 6.07) is 28.0. The lowest BCUT2D eigenvalue weighted by Crippen LogP contribution is -2.17. The second-order valence-corrected chi connectivity index (χ2v) is 8.58. The van der Waals surface area contributed by atoms with Crippen molar-refractivity contribution in [1.82, 2.24) is 0 Å². The van der Waals surface area contributed by atoms with Crippen LogP contribution < -0.4 is 4.90 Å². The van der Waals surface area contributed by atoms with Crippen molar-refractivity contribution in [2.75, 3.05) is 4.90 Å². The smallest absolute Gasteiger partial charge is 0.0795 e. The van der Waals surface area contributed by atoms with E-state index in [4.69, 9.17) is 23.2 Å². The summed E-state index contributed by atoms with van der Waals surface area (Å²) in [5, 5.41) is 11.3. The number of thiophene rings is 1. The molecule has 0 radical (unpaired) electrons. The van der Waals surface area contributed by atoms with Crippen LogP contribution in [0.5, 0.6) is 0 Å². The highest BCUT2D eigenvalue weighted by molar-refractivity contribution is 7.16. The molecule has 4 aromatic rings. The van der Waals surface area contributed by atoms with E-state index >= 15 is 0 Å². The maximum Gasteiger partial charge on any atom is 0.0795 e. The first-order chi connectivity index (χ1) is 14.2. The van der Waals surface area contributed by atoms with Crippen LogP contribution in [0.25, 0.3) is 10.4 Å². The van der Waals surface area contributed by atoms with Gasteiger partial charge in [-0.05, 0) is 41.5 Å². The SMILES string of the molecule is OCc1sc(-c2ccccc2)cc1N(Cc1ccc(Cl)cc1Cl)c1ccccc1. The number of nitrogens with zero attached hydrogens (tertiary/aromatic N) is 1. The number of para-hydroxylation sites is 1. The fourth-order valence-electron chi connectivity index (χ4n) is 3.25. The van der Waals surface area contributed by atoms with Gasteiger partial charge in [-0.1, -0.05) is 77.8 Å². The summed E-state index contributed by atoms with van der Waals surface area (Å²) in [7, 11) is 0. The molecule has 0 spiro atoms. The molecule has 0 aliphatic rings. The van der Waals surface area contributed by atoms with Crippen molar-refractivity contribution in [2.45, 2.75) is 13.2 Å². The first-order valence-electron chi connectivity index (χ1n) is 9.21. The zero-order valence-electron chi connectivity index (χ0n) is 15.6. The van der Waals surface area contributed by atoms with Gasteiger partial charge in [0.1, 0.15) is 0 Å². The molecule has 0 saturated carbocycles. The average molecular weight is 440 g/mol. The predicted molar refractivity (Wildman–Crippen MR) is 124 cm³/mol. The van der Waals surface area contributed by atoms with Crippen molar-refractivity contribution in [3.05, 3.63) is 105 Å². The Morgan fingerprint density at radius 1 is 0.828 bits per heavy atom. The van der Waals surface area contributed by atoms with Crippen LogP contribution >= 0.6 is 34.5 Å². The average Bonchev–Trinajstić information content (AvgIpc) is 3.19. The molecular weight excluding hydrogens is 421 g/mol. The van der Waals surface area contributed by atoms with Crippen molar-refractivity contribution in [1.29, 1.82) is 0 Å². The standard InChI is InChI=1S/C24H19Cl2NOS/c25-19-12-11-18(21(26)13-19)15-27(20-9-5-2-6-10-20)22-14-23(29-24(22)16-28)17-7-3-1-4-8-17/h1-14,28H,15-16H2. The number of hydrogen-bond acceptors (Lipinski definition) is 3. The molecule has 146 valence electrons. The molecule has 3 aromatic carbocycles. The van der Waals surface area contributed by atoms with Gasteiger partial charge in [0.15, 0.2) is 0 Å². The minimum atomic E-state index is -0.0233.